The fraction of sp³-hybridized carbons (Fsp3) is 0.333. The topological polar surface area (TPSA) is 48.5 Å². The maximum Gasteiger partial charge on any atom is 0.234 e. The average molecular weight is 447 g/mol. The van der Waals surface area contributed by atoms with E-state index in [0.717, 1.165) is 49.0 Å². The number of carbonyl (C=O) groups excluding carboxylic acids is 1. The third-order valence-electron chi connectivity index (χ3n) is 4.95. The number of hydrogen-bond acceptors (Lipinski definition) is 6. The first-order valence-corrected chi connectivity index (χ1v) is 11.7. The van der Waals surface area contributed by atoms with E-state index in [1.165, 1.54) is 4.88 Å². The molecule has 1 aliphatic heterocycles. The van der Waals surface area contributed by atoms with E-state index < -0.39 is 0 Å². The fourth-order valence-electron chi connectivity index (χ4n) is 3.31. The van der Waals surface area contributed by atoms with Crippen LogP contribution in [-0.4, -0.2) is 53.4 Å². The van der Waals surface area contributed by atoms with Crippen LogP contribution < -0.4 is 5.32 Å². The molecule has 0 spiro atoms. The van der Waals surface area contributed by atoms with Gasteiger partial charge in [-0.1, -0.05) is 35.9 Å². The number of halogens is 1. The molecule has 4 rings (SSSR count). The van der Waals surface area contributed by atoms with E-state index in [-0.39, 0.29) is 5.91 Å². The van der Waals surface area contributed by atoms with Crippen molar-refractivity contribution in [2.75, 3.05) is 32.7 Å². The first-order chi connectivity index (χ1) is 14.2. The zero-order chi connectivity index (χ0) is 20.1. The summed E-state index contributed by atoms with van der Waals surface area (Å²) in [5.74, 6) is 0.0406. The molecule has 8 heteroatoms. The number of hydrogen-bond donors (Lipinski definition) is 1. The van der Waals surface area contributed by atoms with E-state index in [1.54, 1.807) is 22.7 Å². The molecule has 1 N–H and O–H groups in total. The summed E-state index contributed by atoms with van der Waals surface area (Å²) in [6.07, 6.45) is 0. The Morgan fingerprint density at radius 3 is 2.62 bits per heavy atom. The number of nitrogens with one attached hydrogen (secondary N) is 1. The van der Waals surface area contributed by atoms with Crippen LogP contribution in [0.3, 0.4) is 0 Å². The Labute approximate surface area is 183 Å². The van der Waals surface area contributed by atoms with Crippen molar-refractivity contribution in [3.8, 4) is 10.6 Å². The predicted octanol–water partition coefficient (Wildman–Crippen LogP) is 3.96. The summed E-state index contributed by atoms with van der Waals surface area (Å²) in [5, 5.41) is 9.03. The maximum atomic E-state index is 12.3. The number of rotatable bonds is 7. The number of carbonyl (C=O) groups is 1. The van der Waals surface area contributed by atoms with Crippen LogP contribution in [0.1, 0.15) is 10.6 Å². The molecule has 29 heavy (non-hydrogen) atoms. The van der Waals surface area contributed by atoms with Gasteiger partial charge in [0.2, 0.25) is 5.91 Å². The number of benzene rings is 1. The minimum atomic E-state index is 0.0406. The molecule has 0 bridgehead atoms. The van der Waals surface area contributed by atoms with Gasteiger partial charge >= 0.3 is 0 Å². The highest BCUT2D eigenvalue weighted by Gasteiger charge is 2.20. The summed E-state index contributed by atoms with van der Waals surface area (Å²) in [7, 11) is 0. The Morgan fingerprint density at radius 1 is 1.07 bits per heavy atom. The monoisotopic (exact) mass is 446 g/mol. The van der Waals surface area contributed by atoms with Crippen LogP contribution in [-0.2, 0) is 17.9 Å². The molecule has 1 aromatic carbocycles. The van der Waals surface area contributed by atoms with Crippen molar-refractivity contribution >= 4 is 40.2 Å². The van der Waals surface area contributed by atoms with Crippen LogP contribution in [0.4, 0.5) is 0 Å². The van der Waals surface area contributed by atoms with Gasteiger partial charge in [0.25, 0.3) is 0 Å². The summed E-state index contributed by atoms with van der Waals surface area (Å²) in [6, 6.07) is 11.8. The summed E-state index contributed by atoms with van der Waals surface area (Å²) >= 11 is 9.59. The molecule has 2 aromatic heterocycles. The Kier molecular flexibility index (Phi) is 6.94. The zero-order valence-electron chi connectivity index (χ0n) is 16.0. The molecule has 1 fully saturated rings. The van der Waals surface area contributed by atoms with E-state index in [9.17, 15) is 4.79 Å². The number of amides is 1. The lowest BCUT2D eigenvalue weighted by Gasteiger charge is -2.33. The Morgan fingerprint density at radius 2 is 1.86 bits per heavy atom. The number of piperazine rings is 1. The van der Waals surface area contributed by atoms with Gasteiger partial charge in [0, 0.05) is 43.1 Å². The van der Waals surface area contributed by atoms with Crippen molar-refractivity contribution in [3.05, 3.63) is 62.8 Å². The molecule has 1 aliphatic rings. The third kappa shape index (κ3) is 5.65. The third-order valence-corrected chi connectivity index (χ3v) is 7.04. The number of thiazole rings is 1. The smallest absolute Gasteiger partial charge is 0.234 e. The minimum Gasteiger partial charge on any atom is -0.351 e. The molecular formula is C21H23ClN4OS2. The highest BCUT2D eigenvalue weighted by atomic mass is 35.5. The van der Waals surface area contributed by atoms with Crippen LogP contribution in [0.15, 0.2) is 47.2 Å². The zero-order valence-corrected chi connectivity index (χ0v) is 18.4. The first-order valence-electron chi connectivity index (χ1n) is 9.60. The summed E-state index contributed by atoms with van der Waals surface area (Å²) in [6.45, 7) is 5.46. The summed E-state index contributed by atoms with van der Waals surface area (Å²) in [5.41, 5.74) is 2.02. The van der Waals surface area contributed by atoms with Crippen LogP contribution in [0.25, 0.3) is 10.6 Å². The minimum absolute atomic E-state index is 0.0406. The number of thiophene rings is 1. The predicted molar refractivity (Wildman–Crippen MR) is 120 cm³/mol. The Hall–Kier alpha value is -1.77. The Bertz CT molecular complexity index is 936. The van der Waals surface area contributed by atoms with Gasteiger partial charge in [0.15, 0.2) is 0 Å². The molecule has 1 saturated heterocycles. The lowest BCUT2D eigenvalue weighted by atomic mass is 10.2. The van der Waals surface area contributed by atoms with Gasteiger partial charge in [0.05, 0.1) is 23.7 Å². The van der Waals surface area contributed by atoms with Gasteiger partial charge in [-0.3, -0.25) is 14.6 Å². The Balaban J connectivity index is 1.19. The van der Waals surface area contributed by atoms with Gasteiger partial charge in [-0.15, -0.1) is 22.7 Å². The molecule has 152 valence electrons. The highest BCUT2D eigenvalue weighted by Crippen LogP contribution is 2.26. The highest BCUT2D eigenvalue weighted by molar-refractivity contribution is 7.14. The molecule has 3 aromatic rings. The summed E-state index contributed by atoms with van der Waals surface area (Å²) in [4.78, 5) is 22.9. The molecule has 3 heterocycles. The van der Waals surface area contributed by atoms with Gasteiger partial charge in [-0.25, -0.2) is 4.98 Å². The number of nitrogens with zero attached hydrogens (tertiary/aromatic N) is 3. The molecule has 0 saturated carbocycles. The van der Waals surface area contributed by atoms with Crippen molar-refractivity contribution in [3.63, 3.8) is 0 Å². The van der Waals surface area contributed by atoms with E-state index in [0.29, 0.717) is 18.1 Å². The standard InChI is InChI=1S/C21H23ClN4OS2/c22-17-5-2-1-4-16(17)12-23-20(27)13-25-7-9-26(10-8-25)14-21-24-18(15-29-21)19-6-3-11-28-19/h1-6,11,15H,7-10,12-14H2,(H,23,27). The lowest BCUT2D eigenvalue weighted by Crippen LogP contribution is -2.49. The SMILES string of the molecule is O=C(CN1CCN(Cc2nc(-c3cccs3)cs2)CC1)NCc1ccccc1Cl. The molecule has 1 amide bonds. The molecule has 5 nitrogen and oxygen atoms in total. The molecule has 0 aliphatic carbocycles. The van der Waals surface area contributed by atoms with Gasteiger partial charge in [0.1, 0.15) is 5.01 Å². The van der Waals surface area contributed by atoms with Crippen molar-refractivity contribution in [2.45, 2.75) is 13.1 Å². The van der Waals surface area contributed by atoms with E-state index in [1.807, 2.05) is 24.3 Å². The van der Waals surface area contributed by atoms with Crippen molar-refractivity contribution in [1.82, 2.24) is 20.1 Å². The lowest BCUT2D eigenvalue weighted by molar-refractivity contribution is -0.122. The number of aromatic nitrogens is 1. The second-order valence-corrected chi connectivity index (χ2v) is 9.32. The van der Waals surface area contributed by atoms with Crippen LogP contribution in [0.2, 0.25) is 5.02 Å². The maximum absolute atomic E-state index is 12.3. The van der Waals surface area contributed by atoms with E-state index >= 15 is 0 Å². The van der Waals surface area contributed by atoms with Crippen LogP contribution in [0.5, 0.6) is 0 Å². The normalized spacial score (nSPS) is 15.5. The van der Waals surface area contributed by atoms with Crippen LogP contribution in [0, 0.1) is 0 Å². The molecular weight excluding hydrogens is 424 g/mol. The van der Waals surface area contributed by atoms with Gasteiger partial charge in [-0.05, 0) is 23.1 Å². The van der Waals surface area contributed by atoms with Crippen molar-refractivity contribution in [2.24, 2.45) is 0 Å². The van der Waals surface area contributed by atoms with Gasteiger partial charge < -0.3 is 5.32 Å². The van der Waals surface area contributed by atoms with Crippen molar-refractivity contribution < 1.29 is 4.79 Å². The van der Waals surface area contributed by atoms with Gasteiger partial charge in [-0.2, -0.15) is 0 Å². The van der Waals surface area contributed by atoms with E-state index in [4.69, 9.17) is 16.6 Å². The first kappa shape index (κ1) is 20.5. The molecule has 0 radical (unpaired) electrons. The summed E-state index contributed by atoms with van der Waals surface area (Å²) < 4.78 is 0. The average Bonchev–Trinajstić information content (AvgIpc) is 3.41. The van der Waals surface area contributed by atoms with Crippen molar-refractivity contribution in [1.29, 1.82) is 0 Å². The largest absolute Gasteiger partial charge is 0.351 e. The fourth-order valence-corrected chi connectivity index (χ4v) is 5.11. The van der Waals surface area contributed by atoms with Crippen LogP contribution >= 0.6 is 34.3 Å². The van der Waals surface area contributed by atoms with E-state index in [2.05, 4.69) is 38.0 Å². The molecule has 0 unspecified atom stereocenters. The quantitative estimate of drug-likeness (QED) is 0.596. The molecule has 0 atom stereocenters. The second kappa shape index (κ2) is 9.82. The second-order valence-electron chi connectivity index (χ2n) is 7.02.